The van der Waals surface area contributed by atoms with E-state index in [-0.39, 0.29) is 0 Å². The second-order valence-electron chi connectivity index (χ2n) is 14.2. The second kappa shape index (κ2) is 12.4. The van der Waals surface area contributed by atoms with Crippen LogP contribution in [0.4, 0.5) is 34.1 Å². The van der Waals surface area contributed by atoms with Gasteiger partial charge in [-0.3, -0.25) is 19.9 Å². The van der Waals surface area contributed by atoms with Crippen molar-refractivity contribution in [1.82, 2.24) is 19.9 Å². The zero-order chi connectivity index (χ0) is 33.5. The molecule has 4 heterocycles. The molecule has 0 bridgehead atoms. The monoisotopic (exact) mass is 660 g/mol. The van der Waals surface area contributed by atoms with Crippen LogP contribution in [0.5, 0.6) is 0 Å². The molecule has 48 heavy (non-hydrogen) atoms. The summed E-state index contributed by atoms with van der Waals surface area (Å²) in [4.78, 5) is 21.8. The third-order valence-electron chi connectivity index (χ3n) is 8.78. The molecular formula is C40H40N6Si2. The highest BCUT2D eigenvalue weighted by molar-refractivity contribution is 6.95. The van der Waals surface area contributed by atoms with Crippen molar-refractivity contribution in [2.24, 2.45) is 0 Å². The van der Waals surface area contributed by atoms with Crippen LogP contribution in [-0.2, 0) is 0 Å². The summed E-state index contributed by atoms with van der Waals surface area (Å²) in [7, 11) is -3.77. The Hall–Kier alpha value is -5.19. The average Bonchev–Trinajstić information content (AvgIpc) is 3.08. The van der Waals surface area contributed by atoms with Gasteiger partial charge in [0, 0.05) is 83.7 Å². The minimum atomic E-state index is -1.89. The molecule has 0 unspecified atom stereocenters. The molecular weight excluding hydrogens is 621 g/mol. The quantitative estimate of drug-likeness (QED) is 0.120. The lowest BCUT2D eigenvalue weighted by molar-refractivity contribution is 1.22. The number of aromatic nitrogens is 4. The lowest BCUT2D eigenvalue weighted by Gasteiger charge is -2.32. The van der Waals surface area contributed by atoms with E-state index < -0.39 is 16.1 Å². The van der Waals surface area contributed by atoms with Gasteiger partial charge in [0.05, 0.1) is 16.1 Å². The van der Waals surface area contributed by atoms with E-state index in [2.05, 4.69) is 154 Å². The molecule has 0 aliphatic heterocycles. The highest BCUT2D eigenvalue weighted by atomic mass is 28.3. The SMILES string of the molecule is C[Si](C)(C)c1c2ccc(N(c3ccncc3)c3ccncc3)cc2c([Si](C)(C)C)c2ccc(N(c3ccncc3)c3ccncc3)cc12. The van der Waals surface area contributed by atoms with Crippen molar-refractivity contribution in [1.29, 1.82) is 0 Å². The van der Waals surface area contributed by atoms with Gasteiger partial charge in [-0.05, 0) is 105 Å². The normalized spacial score (nSPS) is 12.0. The number of hydrogen-bond donors (Lipinski definition) is 0. The molecule has 0 fully saturated rings. The van der Waals surface area contributed by atoms with Gasteiger partial charge in [-0.15, -0.1) is 0 Å². The van der Waals surface area contributed by atoms with Gasteiger partial charge >= 0.3 is 0 Å². The first-order valence-corrected chi connectivity index (χ1v) is 23.4. The Morgan fingerprint density at radius 2 is 0.604 bits per heavy atom. The Morgan fingerprint density at radius 3 is 0.854 bits per heavy atom. The molecule has 0 saturated heterocycles. The van der Waals surface area contributed by atoms with E-state index in [1.165, 1.54) is 31.9 Å². The van der Waals surface area contributed by atoms with Crippen LogP contribution < -0.4 is 20.2 Å². The summed E-state index contributed by atoms with van der Waals surface area (Å²) in [5.74, 6) is 0. The molecule has 0 atom stereocenters. The van der Waals surface area contributed by atoms with Gasteiger partial charge in [0.1, 0.15) is 0 Å². The summed E-state index contributed by atoms with van der Waals surface area (Å²) in [5.41, 5.74) is 6.50. The van der Waals surface area contributed by atoms with E-state index in [1.807, 2.05) is 49.6 Å². The number of nitrogens with zero attached hydrogens (tertiary/aromatic N) is 6. The molecule has 0 aliphatic rings. The zero-order valence-electron chi connectivity index (χ0n) is 28.4. The molecule has 238 valence electrons. The van der Waals surface area contributed by atoms with Crippen molar-refractivity contribution in [3.8, 4) is 0 Å². The fraction of sp³-hybridized carbons (Fsp3) is 0.150. The van der Waals surface area contributed by atoms with Crippen molar-refractivity contribution in [3.05, 3.63) is 135 Å². The van der Waals surface area contributed by atoms with Crippen molar-refractivity contribution in [2.45, 2.75) is 39.3 Å². The lowest BCUT2D eigenvalue weighted by Crippen LogP contribution is -2.44. The molecule has 6 nitrogen and oxygen atoms in total. The third-order valence-corrected chi connectivity index (χ3v) is 12.9. The summed E-state index contributed by atoms with van der Waals surface area (Å²) >= 11 is 0. The first-order chi connectivity index (χ1) is 23.1. The number of hydrogen-bond acceptors (Lipinski definition) is 6. The smallest absolute Gasteiger partial charge is 0.0792 e. The third kappa shape index (κ3) is 5.89. The molecule has 0 radical (unpaired) electrons. The minimum absolute atomic E-state index is 1.06. The number of benzene rings is 3. The van der Waals surface area contributed by atoms with Crippen molar-refractivity contribution < 1.29 is 0 Å². The number of fused-ring (bicyclic) bond motifs is 2. The van der Waals surface area contributed by atoms with Crippen LogP contribution in [0.2, 0.25) is 39.3 Å². The Labute approximate surface area is 284 Å². The van der Waals surface area contributed by atoms with Crippen molar-refractivity contribution in [2.75, 3.05) is 9.80 Å². The maximum atomic E-state index is 4.30. The van der Waals surface area contributed by atoms with Crippen LogP contribution in [0.1, 0.15) is 0 Å². The maximum absolute atomic E-state index is 4.30. The van der Waals surface area contributed by atoms with Crippen LogP contribution in [-0.4, -0.2) is 36.1 Å². The highest BCUT2D eigenvalue weighted by Gasteiger charge is 2.30. The average molecular weight is 661 g/mol. The molecule has 7 aromatic rings. The Morgan fingerprint density at radius 1 is 0.333 bits per heavy atom. The van der Waals surface area contributed by atoms with Crippen LogP contribution in [0.15, 0.2) is 135 Å². The lowest BCUT2D eigenvalue weighted by atomic mass is 10.0. The van der Waals surface area contributed by atoms with Crippen LogP contribution >= 0.6 is 0 Å². The minimum Gasteiger partial charge on any atom is -0.310 e. The molecule has 0 aliphatic carbocycles. The number of anilines is 6. The zero-order valence-corrected chi connectivity index (χ0v) is 30.4. The van der Waals surface area contributed by atoms with Crippen LogP contribution in [0, 0.1) is 0 Å². The molecule has 3 aromatic carbocycles. The maximum Gasteiger partial charge on any atom is 0.0792 e. The molecule has 0 saturated carbocycles. The molecule has 7 rings (SSSR count). The first kappa shape index (κ1) is 31.4. The van der Waals surface area contributed by atoms with Gasteiger partial charge in [-0.1, -0.05) is 51.4 Å². The summed E-state index contributed by atoms with van der Waals surface area (Å²) in [5, 5.41) is 8.43. The standard InChI is InChI=1S/C40H40N6Si2/c1-47(2,3)39-35-9-7-34(46(31-15-23-43-24-16-31)32-17-25-44-26-18-32)28-38(35)40(48(4,5)6)36-10-8-33(27-37(36)39)45(29-11-19-41-20-12-29)30-13-21-42-22-14-30/h7-28H,1-6H3. The van der Waals surface area contributed by atoms with E-state index in [0.29, 0.717) is 0 Å². The molecule has 0 N–H and O–H groups in total. The summed E-state index contributed by atoms with van der Waals surface area (Å²) in [6.07, 6.45) is 14.8. The van der Waals surface area contributed by atoms with E-state index >= 15 is 0 Å². The van der Waals surface area contributed by atoms with Gasteiger partial charge in [-0.2, -0.15) is 0 Å². The largest absolute Gasteiger partial charge is 0.310 e. The van der Waals surface area contributed by atoms with Crippen LogP contribution in [0.25, 0.3) is 21.5 Å². The fourth-order valence-corrected chi connectivity index (χ4v) is 11.0. The summed E-state index contributed by atoms with van der Waals surface area (Å²) in [6, 6.07) is 30.7. The van der Waals surface area contributed by atoms with Gasteiger partial charge in [-0.25, -0.2) is 0 Å². The highest BCUT2D eigenvalue weighted by Crippen LogP contribution is 2.39. The number of rotatable bonds is 8. The van der Waals surface area contributed by atoms with Gasteiger partial charge in [0.15, 0.2) is 0 Å². The molecule has 0 amide bonds. The van der Waals surface area contributed by atoms with Gasteiger partial charge in [0.2, 0.25) is 0 Å². The predicted octanol–water partition coefficient (Wildman–Crippen LogP) is 9.60. The van der Waals surface area contributed by atoms with Gasteiger partial charge < -0.3 is 9.80 Å². The molecule has 0 spiro atoms. The topological polar surface area (TPSA) is 58.0 Å². The fourth-order valence-electron chi connectivity index (χ4n) is 6.97. The Kier molecular flexibility index (Phi) is 8.14. The Bertz CT molecular complexity index is 1960. The van der Waals surface area contributed by atoms with Crippen molar-refractivity contribution in [3.63, 3.8) is 0 Å². The Balaban J connectivity index is 1.54. The van der Waals surface area contributed by atoms with E-state index in [0.717, 1.165) is 34.1 Å². The summed E-state index contributed by atoms with van der Waals surface area (Å²) < 4.78 is 0. The van der Waals surface area contributed by atoms with E-state index in [9.17, 15) is 0 Å². The summed E-state index contributed by atoms with van der Waals surface area (Å²) in [6.45, 7) is 14.8. The first-order valence-electron chi connectivity index (χ1n) is 16.4. The molecule has 4 aromatic heterocycles. The number of pyridine rings is 4. The van der Waals surface area contributed by atoms with Crippen molar-refractivity contribution >= 4 is 82.2 Å². The predicted molar refractivity (Wildman–Crippen MR) is 208 cm³/mol. The van der Waals surface area contributed by atoms with Gasteiger partial charge in [0.25, 0.3) is 0 Å². The second-order valence-corrected chi connectivity index (χ2v) is 24.2. The van der Waals surface area contributed by atoms with E-state index in [1.54, 1.807) is 0 Å². The molecule has 8 heteroatoms. The van der Waals surface area contributed by atoms with E-state index in [4.69, 9.17) is 0 Å². The van der Waals surface area contributed by atoms with Crippen LogP contribution in [0.3, 0.4) is 0 Å².